The fourth-order valence-corrected chi connectivity index (χ4v) is 5.57. The number of amides is 5. The van der Waals surface area contributed by atoms with Crippen LogP contribution in [0, 0.1) is 0 Å². The van der Waals surface area contributed by atoms with Gasteiger partial charge in [0.1, 0.15) is 23.4 Å². The molecule has 5 amide bonds. The number of ether oxygens (including phenoxy) is 1. The summed E-state index contributed by atoms with van der Waals surface area (Å²) in [7, 11) is 0. The molecule has 2 atom stereocenters. The van der Waals surface area contributed by atoms with Gasteiger partial charge in [-0.25, -0.2) is 0 Å². The van der Waals surface area contributed by atoms with Gasteiger partial charge in [-0.05, 0) is 43.2 Å². The summed E-state index contributed by atoms with van der Waals surface area (Å²) in [6, 6.07) is 16.6. The molecule has 230 valence electrons. The van der Waals surface area contributed by atoms with Gasteiger partial charge in [0.2, 0.25) is 17.7 Å². The average molecular weight is 610 g/mol. The molecule has 0 saturated carbocycles. The van der Waals surface area contributed by atoms with Crippen LogP contribution >= 0.6 is 0 Å². The number of para-hydroxylation sites is 1. The monoisotopic (exact) mass is 609 g/mol. The highest BCUT2D eigenvalue weighted by Gasteiger charge is 2.45. The van der Waals surface area contributed by atoms with E-state index in [1.165, 1.54) is 0 Å². The quantitative estimate of drug-likeness (QED) is 0.162. The summed E-state index contributed by atoms with van der Waals surface area (Å²) in [5.41, 5.74) is 2.43. The molecule has 2 aliphatic heterocycles. The highest BCUT2D eigenvalue weighted by atomic mass is 16.5. The minimum atomic E-state index is -1.02. The van der Waals surface area contributed by atoms with E-state index in [0.717, 1.165) is 21.4 Å². The lowest BCUT2D eigenvalue weighted by atomic mass is 10.0. The summed E-state index contributed by atoms with van der Waals surface area (Å²) in [4.78, 5) is 68.1. The van der Waals surface area contributed by atoms with Crippen molar-refractivity contribution >= 4 is 46.2 Å². The zero-order valence-electron chi connectivity index (χ0n) is 24.3. The summed E-state index contributed by atoms with van der Waals surface area (Å²) < 4.78 is 11.7. The first kappa shape index (κ1) is 29.7. The van der Waals surface area contributed by atoms with Crippen LogP contribution in [0.15, 0.2) is 77.5 Å². The number of nitrogens with one attached hydrogen (secondary N) is 3. The topological polar surface area (TPSA) is 160 Å². The largest absolute Gasteiger partial charge is 0.459 e. The SMILES string of the molecule is O=C1CCC(N2C(=O)c3cccc(NCCCOCCC(=O)NC(c4cccnc4)c4cc5ccccc5o4)c3C2=O)C(=O)N1. The van der Waals surface area contributed by atoms with Crippen LogP contribution < -0.4 is 16.0 Å². The molecule has 1 saturated heterocycles. The van der Waals surface area contributed by atoms with E-state index < -0.39 is 35.7 Å². The third kappa shape index (κ3) is 6.31. The Hall–Kier alpha value is -5.36. The van der Waals surface area contributed by atoms with Gasteiger partial charge in [-0.2, -0.15) is 0 Å². The number of benzene rings is 2. The van der Waals surface area contributed by atoms with Gasteiger partial charge in [0.15, 0.2) is 0 Å². The number of rotatable bonds is 12. The molecule has 0 bridgehead atoms. The van der Waals surface area contributed by atoms with E-state index in [9.17, 15) is 24.0 Å². The molecular formula is C33H31N5O7. The molecule has 1 fully saturated rings. The van der Waals surface area contributed by atoms with E-state index in [2.05, 4.69) is 20.9 Å². The Labute approximate surface area is 258 Å². The predicted octanol–water partition coefficient (Wildman–Crippen LogP) is 3.34. The van der Waals surface area contributed by atoms with E-state index in [4.69, 9.17) is 9.15 Å². The molecule has 2 unspecified atom stereocenters. The number of fused-ring (bicyclic) bond motifs is 2. The lowest BCUT2D eigenvalue weighted by molar-refractivity contribution is -0.136. The second-order valence-corrected chi connectivity index (χ2v) is 10.8. The van der Waals surface area contributed by atoms with Crippen LogP contribution in [0.5, 0.6) is 0 Å². The fraction of sp³-hybridized carbons (Fsp3) is 0.273. The lowest BCUT2D eigenvalue weighted by Crippen LogP contribution is -2.54. The van der Waals surface area contributed by atoms with Crippen molar-refractivity contribution in [1.29, 1.82) is 0 Å². The van der Waals surface area contributed by atoms with E-state index in [0.29, 0.717) is 31.0 Å². The van der Waals surface area contributed by atoms with Crippen molar-refractivity contribution in [1.82, 2.24) is 20.5 Å². The molecule has 0 radical (unpaired) electrons. The number of hydrogen-bond donors (Lipinski definition) is 3. The molecule has 12 heteroatoms. The van der Waals surface area contributed by atoms with Gasteiger partial charge in [-0.15, -0.1) is 0 Å². The Morgan fingerprint density at radius 3 is 2.71 bits per heavy atom. The maximum atomic E-state index is 13.2. The molecule has 12 nitrogen and oxygen atoms in total. The Balaban J connectivity index is 0.978. The molecule has 2 aliphatic rings. The van der Waals surface area contributed by atoms with Crippen molar-refractivity contribution in [3.05, 3.63) is 95.5 Å². The minimum absolute atomic E-state index is 0.0585. The highest BCUT2D eigenvalue weighted by molar-refractivity contribution is 6.25. The number of carbonyl (C=O) groups excluding carboxylic acids is 5. The average Bonchev–Trinajstić information content (AvgIpc) is 3.58. The van der Waals surface area contributed by atoms with Gasteiger partial charge in [-0.3, -0.25) is 39.2 Å². The fourth-order valence-electron chi connectivity index (χ4n) is 5.57. The maximum Gasteiger partial charge on any atom is 0.264 e. The van der Waals surface area contributed by atoms with Crippen molar-refractivity contribution in [2.24, 2.45) is 0 Å². The summed E-state index contributed by atoms with van der Waals surface area (Å²) >= 11 is 0. The summed E-state index contributed by atoms with van der Waals surface area (Å²) in [5.74, 6) is -1.79. The summed E-state index contributed by atoms with van der Waals surface area (Å²) in [5, 5.41) is 9.35. The predicted molar refractivity (Wildman–Crippen MR) is 162 cm³/mol. The number of carbonyl (C=O) groups is 5. The summed E-state index contributed by atoms with van der Waals surface area (Å²) in [6.45, 7) is 1.01. The molecular weight excluding hydrogens is 578 g/mol. The van der Waals surface area contributed by atoms with Crippen molar-refractivity contribution < 1.29 is 33.1 Å². The van der Waals surface area contributed by atoms with E-state index >= 15 is 0 Å². The van der Waals surface area contributed by atoms with E-state index in [1.54, 1.807) is 36.7 Å². The van der Waals surface area contributed by atoms with Crippen LogP contribution in [0.25, 0.3) is 11.0 Å². The van der Waals surface area contributed by atoms with Gasteiger partial charge >= 0.3 is 0 Å². The number of piperidine rings is 1. The van der Waals surface area contributed by atoms with Crippen LogP contribution in [0.2, 0.25) is 0 Å². The Bertz CT molecular complexity index is 1740. The standard InChI is InChI=1S/C33H31N5O7/c39-27-12-11-24(31(41)37-27)38-32(42)22-8-3-9-23(29(22)33(38)43)35-15-5-16-44-17-13-28(40)36-30(21-7-4-14-34-19-21)26-18-20-6-1-2-10-25(20)45-26/h1-4,6-10,14,18-19,24,30,35H,5,11-13,15-17H2,(H,36,40)(H,37,39,41). The van der Waals surface area contributed by atoms with Gasteiger partial charge in [0, 0.05) is 55.0 Å². The molecule has 2 aromatic heterocycles. The lowest BCUT2D eigenvalue weighted by Gasteiger charge is -2.27. The molecule has 3 N–H and O–H groups in total. The Kier molecular flexibility index (Phi) is 8.65. The second-order valence-electron chi connectivity index (χ2n) is 10.8. The van der Waals surface area contributed by atoms with Gasteiger partial charge in [0.25, 0.3) is 11.8 Å². The number of aromatic nitrogens is 1. The molecule has 0 spiro atoms. The minimum Gasteiger partial charge on any atom is -0.459 e. The number of hydrogen-bond acceptors (Lipinski definition) is 9. The van der Waals surface area contributed by atoms with Crippen LogP contribution in [-0.4, -0.2) is 65.2 Å². The van der Waals surface area contributed by atoms with E-state index in [-0.39, 0.29) is 42.9 Å². The third-order valence-electron chi connectivity index (χ3n) is 7.77. The zero-order valence-corrected chi connectivity index (χ0v) is 24.3. The van der Waals surface area contributed by atoms with Crippen LogP contribution in [-0.2, 0) is 19.1 Å². The van der Waals surface area contributed by atoms with Crippen molar-refractivity contribution in [3.8, 4) is 0 Å². The first-order valence-corrected chi connectivity index (χ1v) is 14.7. The normalized spacial score (nSPS) is 16.9. The molecule has 4 heterocycles. The third-order valence-corrected chi connectivity index (χ3v) is 7.77. The number of pyridine rings is 1. The number of nitrogens with zero attached hydrogens (tertiary/aromatic N) is 2. The maximum absolute atomic E-state index is 13.2. The van der Waals surface area contributed by atoms with Gasteiger partial charge < -0.3 is 19.8 Å². The van der Waals surface area contributed by atoms with Crippen LogP contribution in [0.3, 0.4) is 0 Å². The molecule has 2 aromatic carbocycles. The Morgan fingerprint density at radius 1 is 1.04 bits per heavy atom. The first-order chi connectivity index (χ1) is 21.9. The van der Waals surface area contributed by atoms with Gasteiger partial charge in [0.05, 0.1) is 17.7 Å². The molecule has 6 rings (SSSR count). The van der Waals surface area contributed by atoms with E-state index in [1.807, 2.05) is 36.4 Å². The van der Waals surface area contributed by atoms with Crippen LogP contribution in [0.1, 0.15) is 63.8 Å². The van der Waals surface area contributed by atoms with Crippen LogP contribution in [0.4, 0.5) is 5.69 Å². The van der Waals surface area contributed by atoms with Crippen molar-refractivity contribution in [3.63, 3.8) is 0 Å². The van der Waals surface area contributed by atoms with Crippen molar-refractivity contribution in [2.45, 2.75) is 37.8 Å². The number of imide groups is 2. The van der Waals surface area contributed by atoms with Gasteiger partial charge in [-0.1, -0.05) is 30.3 Å². The highest BCUT2D eigenvalue weighted by Crippen LogP contribution is 2.32. The molecule has 4 aromatic rings. The zero-order chi connectivity index (χ0) is 31.3. The smallest absolute Gasteiger partial charge is 0.264 e. The van der Waals surface area contributed by atoms with Crippen molar-refractivity contribution in [2.75, 3.05) is 25.1 Å². The Morgan fingerprint density at radius 2 is 1.91 bits per heavy atom. The number of furan rings is 1. The second kappa shape index (κ2) is 13.1. The summed E-state index contributed by atoms with van der Waals surface area (Å²) in [6.07, 6.45) is 4.23. The molecule has 0 aliphatic carbocycles. The molecule has 45 heavy (non-hydrogen) atoms. The first-order valence-electron chi connectivity index (χ1n) is 14.7. The number of anilines is 1.